The lowest BCUT2D eigenvalue weighted by Crippen LogP contribution is -2.43. The van der Waals surface area contributed by atoms with Crippen LogP contribution in [0, 0.1) is 5.92 Å². The molecule has 0 heterocycles. The van der Waals surface area contributed by atoms with E-state index in [-0.39, 0.29) is 0 Å². The maximum atomic E-state index is 6.36. The van der Waals surface area contributed by atoms with Crippen molar-refractivity contribution >= 4 is 8.32 Å². The average molecular weight is 281 g/mol. The predicted octanol–water partition coefficient (Wildman–Crippen LogP) is 5.70. The third kappa shape index (κ3) is 5.66. The van der Waals surface area contributed by atoms with Gasteiger partial charge in [0, 0.05) is 6.10 Å². The van der Waals surface area contributed by atoms with Gasteiger partial charge in [-0.05, 0) is 56.7 Å². The minimum absolute atomic E-state index is 0.303. The predicted molar refractivity (Wildman–Crippen MR) is 88.0 cm³/mol. The van der Waals surface area contributed by atoms with Crippen molar-refractivity contribution in [1.82, 2.24) is 0 Å². The molecule has 0 aliphatic heterocycles. The summed E-state index contributed by atoms with van der Waals surface area (Å²) < 4.78 is 6.36. The first-order valence-electron chi connectivity index (χ1n) is 7.73. The van der Waals surface area contributed by atoms with E-state index in [2.05, 4.69) is 65.1 Å². The van der Waals surface area contributed by atoms with Crippen molar-refractivity contribution in [3.8, 4) is 0 Å². The summed E-state index contributed by atoms with van der Waals surface area (Å²) in [6.45, 7) is 13.8. The van der Waals surface area contributed by atoms with Crippen LogP contribution < -0.4 is 0 Å². The molecule has 0 aromatic carbocycles. The largest absolute Gasteiger partial charge is 0.414 e. The molecule has 0 saturated heterocycles. The highest BCUT2D eigenvalue weighted by atomic mass is 28.4. The van der Waals surface area contributed by atoms with Crippen LogP contribution in [0.25, 0.3) is 0 Å². The fourth-order valence-electron chi connectivity index (χ4n) is 2.17. The van der Waals surface area contributed by atoms with E-state index >= 15 is 0 Å². The Hall–Kier alpha value is -0.343. The molecule has 1 aliphatic carbocycles. The maximum Gasteiger partial charge on any atom is 0.192 e. The van der Waals surface area contributed by atoms with Crippen molar-refractivity contribution in [2.45, 2.75) is 77.6 Å². The molecule has 0 amide bonds. The third-order valence-corrected chi connectivity index (χ3v) is 9.05. The van der Waals surface area contributed by atoms with Gasteiger partial charge < -0.3 is 4.43 Å². The van der Waals surface area contributed by atoms with Crippen LogP contribution in [0.5, 0.6) is 0 Å². The van der Waals surface area contributed by atoms with Gasteiger partial charge in [-0.3, -0.25) is 0 Å². The topological polar surface area (TPSA) is 9.23 Å². The fraction of sp³-hybridized carbons (Fsp3) is 0.765. The third-order valence-electron chi connectivity index (χ3n) is 4.44. The van der Waals surface area contributed by atoms with Gasteiger partial charge in [0.15, 0.2) is 8.32 Å². The van der Waals surface area contributed by atoms with Gasteiger partial charge in [-0.25, -0.2) is 0 Å². The normalized spacial score (nSPS) is 22.9. The first kappa shape index (κ1) is 16.7. The van der Waals surface area contributed by atoms with Gasteiger partial charge in [0.2, 0.25) is 0 Å². The van der Waals surface area contributed by atoms with Gasteiger partial charge in [0.1, 0.15) is 0 Å². The second-order valence-electron chi connectivity index (χ2n) is 7.38. The average Bonchev–Trinajstić information content (AvgIpc) is 2.28. The smallest absolute Gasteiger partial charge is 0.192 e. The van der Waals surface area contributed by atoms with Crippen molar-refractivity contribution in [3.63, 3.8) is 0 Å². The summed E-state index contributed by atoms with van der Waals surface area (Å²) in [5.41, 5.74) is 0. The summed E-state index contributed by atoms with van der Waals surface area (Å²) in [5, 5.41) is 0.303. The van der Waals surface area contributed by atoms with Gasteiger partial charge in [-0.15, -0.1) is 0 Å². The quantitative estimate of drug-likeness (QED) is 0.463. The molecule has 0 radical (unpaired) electrons. The van der Waals surface area contributed by atoms with E-state index in [9.17, 15) is 0 Å². The fourth-order valence-corrected chi connectivity index (χ4v) is 3.63. The van der Waals surface area contributed by atoms with Crippen LogP contribution in [0.15, 0.2) is 24.3 Å². The minimum atomic E-state index is -1.61. The highest BCUT2D eigenvalue weighted by Gasteiger charge is 2.38. The van der Waals surface area contributed by atoms with Crippen LogP contribution in [0.2, 0.25) is 18.1 Å². The zero-order valence-electron chi connectivity index (χ0n) is 13.7. The van der Waals surface area contributed by atoms with Crippen LogP contribution in [-0.2, 0) is 4.43 Å². The SMILES string of the molecule is C[C@@H](C/C=C/[C@@H]1C=CCCC1)O[Si](C)(C)C(C)(C)C. The van der Waals surface area contributed by atoms with E-state index in [1.54, 1.807) is 0 Å². The van der Waals surface area contributed by atoms with Crippen molar-refractivity contribution in [1.29, 1.82) is 0 Å². The first-order valence-corrected chi connectivity index (χ1v) is 10.6. The molecule has 0 unspecified atom stereocenters. The molecule has 0 N–H and O–H groups in total. The number of hydrogen-bond donors (Lipinski definition) is 0. The van der Waals surface area contributed by atoms with Crippen LogP contribution in [0.4, 0.5) is 0 Å². The van der Waals surface area contributed by atoms with Crippen molar-refractivity contribution in [2.24, 2.45) is 5.92 Å². The summed E-state index contributed by atoms with van der Waals surface area (Å²) in [5.74, 6) is 0.661. The number of hydrogen-bond acceptors (Lipinski definition) is 1. The van der Waals surface area contributed by atoms with Gasteiger partial charge >= 0.3 is 0 Å². The van der Waals surface area contributed by atoms with Gasteiger partial charge in [0.25, 0.3) is 0 Å². The lowest BCUT2D eigenvalue weighted by atomic mass is 9.95. The Labute approximate surface area is 121 Å². The second kappa shape index (κ2) is 6.89. The Morgan fingerprint density at radius 3 is 2.58 bits per heavy atom. The Morgan fingerprint density at radius 1 is 1.37 bits per heavy atom. The molecule has 2 atom stereocenters. The Morgan fingerprint density at radius 2 is 2.05 bits per heavy atom. The van der Waals surface area contributed by atoms with E-state index in [0.29, 0.717) is 17.1 Å². The van der Waals surface area contributed by atoms with Crippen LogP contribution in [-0.4, -0.2) is 14.4 Å². The van der Waals surface area contributed by atoms with Crippen LogP contribution in [0.3, 0.4) is 0 Å². The molecule has 1 aliphatic rings. The van der Waals surface area contributed by atoms with Crippen molar-refractivity contribution < 1.29 is 4.43 Å². The molecule has 0 aromatic heterocycles. The van der Waals surface area contributed by atoms with Crippen molar-refractivity contribution in [2.75, 3.05) is 0 Å². The summed E-state index contributed by atoms with van der Waals surface area (Å²) in [6, 6.07) is 0. The number of allylic oxidation sites excluding steroid dienone is 3. The highest BCUT2D eigenvalue weighted by Crippen LogP contribution is 2.37. The van der Waals surface area contributed by atoms with E-state index in [0.717, 1.165) is 6.42 Å². The molecular weight excluding hydrogens is 248 g/mol. The van der Waals surface area contributed by atoms with E-state index in [1.807, 2.05) is 0 Å². The van der Waals surface area contributed by atoms with Gasteiger partial charge in [-0.2, -0.15) is 0 Å². The molecule has 110 valence electrons. The molecule has 1 rings (SSSR count). The Bertz CT molecular complexity index is 323. The van der Waals surface area contributed by atoms with Crippen molar-refractivity contribution in [3.05, 3.63) is 24.3 Å². The molecule has 0 aromatic rings. The van der Waals surface area contributed by atoms with E-state index < -0.39 is 8.32 Å². The van der Waals surface area contributed by atoms with E-state index in [1.165, 1.54) is 19.3 Å². The Balaban J connectivity index is 2.39. The van der Waals surface area contributed by atoms with Gasteiger partial charge in [-0.1, -0.05) is 45.1 Å². The molecule has 0 saturated carbocycles. The highest BCUT2D eigenvalue weighted by molar-refractivity contribution is 6.74. The van der Waals surface area contributed by atoms with Gasteiger partial charge in [0.05, 0.1) is 0 Å². The standard InChI is InChI=1S/C17H32OSi/c1-15(18-19(5,6)17(2,3)4)11-10-14-16-12-8-7-9-13-16/h8,10,12,14-16H,7,9,11,13H2,1-6H3/b14-10+/t15-,16+/m0/s1. The first-order chi connectivity index (χ1) is 8.72. The summed E-state index contributed by atoms with van der Waals surface area (Å²) in [4.78, 5) is 0. The molecule has 19 heavy (non-hydrogen) atoms. The molecule has 0 fully saturated rings. The van der Waals surface area contributed by atoms with E-state index in [4.69, 9.17) is 4.43 Å². The summed E-state index contributed by atoms with van der Waals surface area (Å²) in [7, 11) is -1.61. The maximum absolute atomic E-state index is 6.36. The van der Waals surface area contributed by atoms with Crippen LogP contribution >= 0.6 is 0 Å². The minimum Gasteiger partial charge on any atom is -0.414 e. The monoisotopic (exact) mass is 280 g/mol. The molecule has 1 nitrogen and oxygen atoms in total. The van der Waals surface area contributed by atoms with Crippen LogP contribution in [0.1, 0.15) is 53.4 Å². The molecule has 2 heteroatoms. The molecule has 0 spiro atoms. The molecular formula is C17H32OSi. The lowest BCUT2D eigenvalue weighted by molar-refractivity contribution is 0.202. The second-order valence-corrected chi connectivity index (χ2v) is 12.1. The zero-order valence-corrected chi connectivity index (χ0v) is 14.7. The summed E-state index contributed by atoms with van der Waals surface area (Å²) >= 11 is 0. The zero-order chi connectivity index (χ0) is 14.5. The number of rotatable bonds is 5. The lowest BCUT2D eigenvalue weighted by Gasteiger charge is -2.38. The Kier molecular flexibility index (Phi) is 6.06. The summed E-state index contributed by atoms with van der Waals surface area (Å²) in [6.07, 6.45) is 14.6. The molecule has 0 bridgehead atoms.